The van der Waals surface area contributed by atoms with Gasteiger partial charge in [-0.25, -0.2) is 4.99 Å². The van der Waals surface area contributed by atoms with Gasteiger partial charge in [0.1, 0.15) is 18.1 Å². The number of benzene rings is 1. The van der Waals surface area contributed by atoms with E-state index in [0.717, 1.165) is 55.0 Å². The molecule has 2 heterocycles. The van der Waals surface area contributed by atoms with Crippen LogP contribution in [0.1, 0.15) is 22.9 Å². The second kappa shape index (κ2) is 10.9. The summed E-state index contributed by atoms with van der Waals surface area (Å²) >= 11 is 0. The van der Waals surface area contributed by atoms with E-state index in [0.29, 0.717) is 6.54 Å². The van der Waals surface area contributed by atoms with Crippen LogP contribution < -0.4 is 15.4 Å². The predicted molar refractivity (Wildman–Crippen MR) is 118 cm³/mol. The molecule has 158 valence electrons. The molecule has 0 aliphatic rings. The first-order valence-corrected chi connectivity index (χ1v) is 10.1. The van der Waals surface area contributed by atoms with Gasteiger partial charge in [-0.05, 0) is 43.2 Å². The lowest BCUT2D eigenvalue weighted by molar-refractivity contribution is 0.414. The first-order chi connectivity index (χ1) is 14.7. The van der Waals surface area contributed by atoms with Gasteiger partial charge in [0.2, 0.25) is 0 Å². The highest BCUT2D eigenvalue weighted by atomic mass is 16.5. The Bertz CT molecular complexity index is 936. The number of aliphatic imine (C=N–C) groups is 1. The van der Waals surface area contributed by atoms with Gasteiger partial charge in [-0.1, -0.05) is 18.2 Å². The van der Waals surface area contributed by atoms with E-state index in [2.05, 4.69) is 42.9 Å². The molecule has 2 aromatic heterocycles. The van der Waals surface area contributed by atoms with Crippen LogP contribution in [0.5, 0.6) is 5.75 Å². The molecule has 0 bridgehead atoms. The maximum absolute atomic E-state index is 5.22. The second-order valence-electron chi connectivity index (χ2n) is 6.91. The van der Waals surface area contributed by atoms with Crippen molar-refractivity contribution < 1.29 is 4.74 Å². The zero-order valence-corrected chi connectivity index (χ0v) is 17.8. The van der Waals surface area contributed by atoms with Crippen molar-refractivity contribution in [2.24, 2.45) is 12.0 Å². The number of hydrogen-bond donors (Lipinski definition) is 2. The van der Waals surface area contributed by atoms with E-state index in [9.17, 15) is 0 Å². The average molecular weight is 408 g/mol. The molecule has 0 fully saturated rings. The summed E-state index contributed by atoms with van der Waals surface area (Å²) in [6.45, 7) is 3.89. The number of methoxy groups -OCH3 is 1. The van der Waals surface area contributed by atoms with E-state index in [1.165, 1.54) is 5.56 Å². The second-order valence-corrected chi connectivity index (χ2v) is 6.91. The fourth-order valence-corrected chi connectivity index (χ4v) is 2.89. The van der Waals surface area contributed by atoms with Gasteiger partial charge in [0.15, 0.2) is 11.8 Å². The monoisotopic (exact) mass is 407 g/mol. The molecule has 0 unspecified atom stereocenters. The van der Waals surface area contributed by atoms with Crippen molar-refractivity contribution in [1.82, 2.24) is 30.4 Å². The number of nitrogens with one attached hydrogen (secondary N) is 2. The van der Waals surface area contributed by atoms with Gasteiger partial charge >= 0.3 is 0 Å². The van der Waals surface area contributed by atoms with E-state index in [-0.39, 0.29) is 0 Å². The minimum atomic E-state index is 0.457. The molecule has 0 amide bonds. The van der Waals surface area contributed by atoms with Crippen LogP contribution in [0.4, 0.5) is 0 Å². The lowest BCUT2D eigenvalue weighted by Gasteiger charge is -2.13. The third-order valence-electron chi connectivity index (χ3n) is 4.83. The zero-order valence-electron chi connectivity index (χ0n) is 17.8. The van der Waals surface area contributed by atoms with Crippen molar-refractivity contribution in [3.63, 3.8) is 0 Å². The lowest BCUT2D eigenvalue weighted by atomic mass is 10.1. The smallest absolute Gasteiger partial charge is 0.191 e. The van der Waals surface area contributed by atoms with Crippen molar-refractivity contribution >= 4 is 5.96 Å². The van der Waals surface area contributed by atoms with Crippen molar-refractivity contribution in [2.75, 3.05) is 20.2 Å². The normalized spacial score (nSPS) is 11.4. The highest BCUT2D eigenvalue weighted by Gasteiger charge is 2.06. The first-order valence-electron chi connectivity index (χ1n) is 10.1. The van der Waals surface area contributed by atoms with Crippen molar-refractivity contribution in [3.8, 4) is 5.75 Å². The van der Waals surface area contributed by atoms with Crippen LogP contribution in [0, 0.1) is 6.92 Å². The number of hydrogen-bond acceptors (Lipinski definition) is 5. The summed E-state index contributed by atoms with van der Waals surface area (Å²) < 4.78 is 7.17. The average Bonchev–Trinajstić information content (AvgIpc) is 3.10. The molecule has 0 radical (unpaired) electrons. The van der Waals surface area contributed by atoms with Gasteiger partial charge in [-0.15, -0.1) is 10.2 Å². The van der Waals surface area contributed by atoms with Crippen LogP contribution in [0.25, 0.3) is 0 Å². The van der Waals surface area contributed by atoms with Gasteiger partial charge < -0.3 is 19.9 Å². The van der Waals surface area contributed by atoms with Crippen LogP contribution in [-0.2, 0) is 26.4 Å². The van der Waals surface area contributed by atoms with Crippen LogP contribution in [0.3, 0.4) is 0 Å². The Hall–Kier alpha value is -3.42. The molecule has 0 saturated carbocycles. The third kappa shape index (κ3) is 6.30. The standard InChI is InChI=1S/C22H29N7O/c1-17-27-28-21(29(17)2)16-26-22(25-15-12-19-6-4-5-13-23-19)24-14-11-18-7-9-20(30-3)10-8-18/h4-10,13H,11-12,14-16H2,1-3H3,(H2,24,25,26). The first kappa shape index (κ1) is 21.3. The summed E-state index contributed by atoms with van der Waals surface area (Å²) in [4.78, 5) is 9.06. The number of pyridine rings is 1. The third-order valence-corrected chi connectivity index (χ3v) is 4.83. The molecule has 0 aliphatic heterocycles. The summed E-state index contributed by atoms with van der Waals surface area (Å²) in [6, 6.07) is 14.1. The van der Waals surface area contributed by atoms with Crippen LogP contribution >= 0.6 is 0 Å². The van der Waals surface area contributed by atoms with Crippen LogP contribution in [0.2, 0.25) is 0 Å². The molecule has 0 spiro atoms. The van der Waals surface area contributed by atoms with Gasteiger partial charge in [0.05, 0.1) is 7.11 Å². The number of aromatic nitrogens is 4. The molecule has 3 aromatic rings. The van der Waals surface area contributed by atoms with Crippen LogP contribution in [-0.4, -0.2) is 45.9 Å². The zero-order chi connectivity index (χ0) is 21.2. The van der Waals surface area contributed by atoms with Gasteiger partial charge in [-0.3, -0.25) is 4.98 Å². The van der Waals surface area contributed by atoms with Gasteiger partial charge in [-0.2, -0.15) is 0 Å². The predicted octanol–water partition coefficient (Wildman–Crippen LogP) is 2.05. The number of guanidine groups is 1. The molecule has 8 nitrogen and oxygen atoms in total. The minimum Gasteiger partial charge on any atom is -0.497 e. The molecule has 2 N–H and O–H groups in total. The minimum absolute atomic E-state index is 0.457. The molecule has 0 aliphatic carbocycles. The summed E-state index contributed by atoms with van der Waals surface area (Å²) in [5.74, 6) is 3.31. The largest absolute Gasteiger partial charge is 0.497 e. The highest BCUT2D eigenvalue weighted by Crippen LogP contribution is 2.11. The Morgan fingerprint density at radius 3 is 2.43 bits per heavy atom. The molecule has 0 atom stereocenters. The van der Waals surface area contributed by atoms with E-state index in [1.54, 1.807) is 7.11 Å². The van der Waals surface area contributed by atoms with Crippen molar-refractivity contribution in [2.45, 2.75) is 26.3 Å². The number of rotatable bonds is 9. The highest BCUT2D eigenvalue weighted by molar-refractivity contribution is 5.79. The maximum atomic E-state index is 5.22. The molecule has 1 aromatic carbocycles. The topological polar surface area (TPSA) is 89.2 Å². The Kier molecular flexibility index (Phi) is 7.77. The summed E-state index contributed by atoms with van der Waals surface area (Å²) in [5.41, 5.74) is 2.28. The van der Waals surface area contributed by atoms with E-state index < -0.39 is 0 Å². The molecular formula is C22H29N7O. The summed E-state index contributed by atoms with van der Waals surface area (Å²) in [6.07, 6.45) is 3.52. The molecule has 30 heavy (non-hydrogen) atoms. The van der Waals surface area contributed by atoms with Gasteiger partial charge in [0, 0.05) is 38.4 Å². The quantitative estimate of drug-likeness (QED) is 0.417. The van der Waals surface area contributed by atoms with Crippen molar-refractivity contribution in [1.29, 1.82) is 0 Å². The molecular weight excluding hydrogens is 378 g/mol. The SMILES string of the molecule is COc1ccc(CCNC(=NCc2nnc(C)n2C)NCCc2ccccn2)cc1. The molecule has 3 rings (SSSR count). The fraction of sp³-hybridized carbons (Fsp3) is 0.364. The molecule has 0 saturated heterocycles. The maximum Gasteiger partial charge on any atom is 0.191 e. The van der Waals surface area contributed by atoms with E-state index in [4.69, 9.17) is 4.74 Å². The van der Waals surface area contributed by atoms with Gasteiger partial charge in [0.25, 0.3) is 0 Å². The Balaban J connectivity index is 1.57. The Morgan fingerprint density at radius 2 is 1.80 bits per heavy atom. The number of ether oxygens (including phenoxy) is 1. The summed E-state index contributed by atoms with van der Waals surface area (Å²) in [7, 11) is 3.63. The number of aryl methyl sites for hydroxylation is 1. The molecule has 8 heteroatoms. The number of nitrogens with zero attached hydrogens (tertiary/aromatic N) is 5. The van der Waals surface area contributed by atoms with Crippen molar-refractivity contribution in [3.05, 3.63) is 71.6 Å². The summed E-state index contributed by atoms with van der Waals surface area (Å²) in [5, 5.41) is 15.1. The Morgan fingerprint density at radius 1 is 1.03 bits per heavy atom. The lowest BCUT2D eigenvalue weighted by Crippen LogP contribution is -2.39. The Labute approximate surface area is 177 Å². The fourth-order valence-electron chi connectivity index (χ4n) is 2.89. The van der Waals surface area contributed by atoms with E-state index >= 15 is 0 Å². The van der Waals surface area contributed by atoms with E-state index in [1.807, 2.05) is 55.1 Å². The van der Waals surface area contributed by atoms with Crippen LogP contribution in [0.15, 0.2) is 53.7 Å².